The zero-order chi connectivity index (χ0) is 25.0. The van der Waals surface area contributed by atoms with Crippen molar-refractivity contribution in [3.8, 4) is 6.07 Å². The van der Waals surface area contributed by atoms with Gasteiger partial charge in [-0.2, -0.15) is 5.26 Å². The van der Waals surface area contributed by atoms with Gasteiger partial charge in [-0.1, -0.05) is 6.92 Å². The lowest BCUT2D eigenvalue weighted by molar-refractivity contribution is -0.150. The van der Waals surface area contributed by atoms with Crippen molar-refractivity contribution in [2.24, 2.45) is 0 Å². The van der Waals surface area contributed by atoms with E-state index in [1.54, 1.807) is 13.0 Å². The minimum Gasteiger partial charge on any atom is -0.479 e. The fourth-order valence-electron chi connectivity index (χ4n) is 5.39. The number of hydrogen-bond acceptors (Lipinski definition) is 7. The summed E-state index contributed by atoms with van der Waals surface area (Å²) in [6.07, 6.45) is 5.65. The molecule has 35 heavy (non-hydrogen) atoms. The number of ether oxygens (including phenoxy) is 1. The Balaban J connectivity index is 1.58. The van der Waals surface area contributed by atoms with Crippen LogP contribution in [0.1, 0.15) is 78.7 Å². The first-order valence-electron chi connectivity index (χ1n) is 12.1. The Morgan fingerprint density at radius 2 is 2.06 bits per heavy atom. The number of aromatic nitrogens is 1. The molecule has 0 aromatic carbocycles. The molecule has 9 nitrogen and oxygen atoms in total. The lowest BCUT2D eigenvalue weighted by Crippen LogP contribution is -2.67. The fourth-order valence-corrected chi connectivity index (χ4v) is 5.39. The van der Waals surface area contributed by atoms with E-state index in [-0.39, 0.29) is 25.4 Å². The van der Waals surface area contributed by atoms with Gasteiger partial charge in [-0.05, 0) is 44.7 Å². The number of piperazine rings is 1. The molecule has 1 amide bonds. The Bertz CT molecular complexity index is 1210. The lowest BCUT2D eigenvalue weighted by atomic mass is 9.86. The van der Waals surface area contributed by atoms with Gasteiger partial charge < -0.3 is 24.1 Å². The zero-order valence-corrected chi connectivity index (χ0v) is 20.3. The van der Waals surface area contributed by atoms with Crippen LogP contribution in [0.5, 0.6) is 0 Å². The van der Waals surface area contributed by atoms with Crippen LogP contribution in [0.3, 0.4) is 0 Å². The molecule has 1 saturated carbocycles. The van der Waals surface area contributed by atoms with Crippen LogP contribution in [0, 0.1) is 11.3 Å². The van der Waals surface area contributed by atoms with Gasteiger partial charge in [-0.15, -0.1) is 0 Å². The first kappa shape index (κ1) is 23.4. The molecule has 3 aliphatic rings. The van der Waals surface area contributed by atoms with Crippen LogP contribution in [0.15, 0.2) is 23.0 Å². The monoisotopic (exact) mass is 478 g/mol. The van der Waals surface area contributed by atoms with Gasteiger partial charge >= 0.3 is 5.97 Å². The molecule has 2 fully saturated rings. The molecule has 184 valence electrons. The largest absolute Gasteiger partial charge is 0.479 e. The number of hydrogen-bond donors (Lipinski definition) is 1. The number of carboxylic acids is 1. The van der Waals surface area contributed by atoms with Crippen molar-refractivity contribution >= 4 is 17.7 Å². The molecule has 0 spiro atoms. The van der Waals surface area contributed by atoms with Crippen molar-refractivity contribution < 1.29 is 23.8 Å². The van der Waals surface area contributed by atoms with Gasteiger partial charge in [0.05, 0.1) is 41.8 Å². The number of carbonyl (C=O) groups excluding carboxylic acids is 1. The number of rotatable bonds is 5. The molecular weight excluding hydrogens is 448 g/mol. The number of carboxylic acid groups (broad SMARTS) is 1. The Kier molecular flexibility index (Phi) is 5.59. The van der Waals surface area contributed by atoms with Crippen LogP contribution >= 0.6 is 0 Å². The van der Waals surface area contributed by atoms with Gasteiger partial charge in [-0.25, -0.2) is 9.78 Å². The number of aliphatic carboxylic acids is 1. The second-order valence-electron chi connectivity index (χ2n) is 10.3. The summed E-state index contributed by atoms with van der Waals surface area (Å²) in [5, 5.41) is 20.6. The number of fused-ring (bicyclic) bond motifs is 1. The van der Waals surface area contributed by atoms with E-state index in [9.17, 15) is 20.0 Å². The van der Waals surface area contributed by atoms with Crippen molar-refractivity contribution in [1.29, 1.82) is 5.26 Å². The normalized spacial score (nSPS) is 23.5. The van der Waals surface area contributed by atoms with E-state index in [1.807, 2.05) is 18.7 Å². The van der Waals surface area contributed by atoms with Crippen molar-refractivity contribution in [3.63, 3.8) is 0 Å². The van der Waals surface area contributed by atoms with Gasteiger partial charge in [0.1, 0.15) is 18.2 Å². The number of anilines is 1. The van der Waals surface area contributed by atoms with Gasteiger partial charge in [0, 0.05) is 31.0 Å². The molecule has 9 heteroatoms. The molecule has 0 bridgehead atoms. The van der Waals surface area contributed by atoms with Gasteiger partial charge in [-0.3, -0.25) is 4.79 Å². The first-order chi connectivity index (χ1) is 16.7. The van der Waals surface area contributed by atoms with Crippen LogP contribution < -0.4 is 4.90 Å². The average Bonchev–Trinajstić information content (AvgIpc) is 3.54. The molecule has 2 aliphatic heterocycles. The third-order valence-corrected chi connectivity index (χ3v) is 7.57. The summed E-state index contributed by atoms with van der Waals surface area (Å²) in [7, 11) is 0. The Labute approximate surface area is 204 Å². The number of pyridine rings is 1. The smallest absolute Gasteiger partial charge is 0.331 e. The number of nitriles is 1. The van der Waals surface area contributed by atoms with E-state index in [0.717, 1.165) is 29.7 Å². The third-order valence-electron chi connectivity index (χ3n) is 7.57. The maximum atomic E-state index is 13.2. The van der Waals surface area contributed by atoms with Crippen molar-refractivity contribution in [3.05, 3.63) is 46.5 Å². The molecule has 1 N–H and O–H groups in total. The predicted octanol–water partition coefficient (Wildman–Crippen LogP) is 3.47. The number of furan rings is 1. The molecule has 1 unspecified atom stereocenters. The Morgan fingerprint density at radius 1 is 1.29 bits per heavy atom. The highest BCUT2D eigenvalue weighted by molar-refractivity contribution is 5.98. The summed E-state index contributed by atoms with van der Waals surface area (Å²) in [5.41, 5.74) is 1.90. The van der Waals surface area contributed by atoms with Crippen molar-refractivity contribution in [1.82, 2.24) is 9.88 Å². The summed E-state index contributed by atoms with van der Waals surface area (Å²) in [6.45, 7) is 6.85. The van der Waals surface area contributed by atoms with Gasteiger partial charge in [0.2, 0.25) is 0 Å². The molecule has 1 saturated heterocycles. The van der Waals surface area contributed by atoms with E-state index in [1.165, 1.54) is 17.4 Å². The Morgan fingerprint density at radius 3 is 2.66 bits per heavy atom. The quantitative estimate of drug-likeness (QED) is 0.694. The molecule has 1 aliphatic carbocycles. The summed E-state index contributed by atoms with van der Waals surface area (Å²) < 4.78 is 11.1. The second kappa shape index (κ2) is 8.38. The predicted molar refractivity (Wildman–Crippen MR) is 126 cm³/mol. The first-order valence-corrected chi connectivity index (χ1v) is 12.1. The van der Waals surface area contributed by atoms with E-state index in [2.05, 4.69) is 6.07 Å². The van der Waals surface area contributed by atoms with Crippen LogP contribution in [0.25, 0.3) is 0 Å². The molecule has 0 radical (unpaired) electrons. The van der Waals surface area contributed by atoms with Crippen LogP contribution in [-0.4, -0.2) is 57.6 Å². The molecule has 4 heterocycles. The third kappa shape index (κ3) is 3.86. The van der Waals surface area contributed by atoms with Gasteiger partial charge in [0.25, 0.3) is 5.91 Å². The van der Waals surface area contributed by atoms with Crippen LogP contribution in [-0.2, 0) is 22.6 Å². The minimum absolute atomic E-state index is 0.0485. The number of carbonyl (C=O) groups is 2. The summed E-state index contributed by atoms with van der Waals surface area (Å²) >= 11 is 0. The SMILES string of the molecule is CCC1(C(=O)O)CN(c2nc(C3CC3)c3c(c2C#N)CC(C)(C)OC3)CCN1C(=O)c1ccoc1. The maximum absolute atomic E-state index is 13.2. The van der Waals surface area contributed by atoms with E-state index in [0.29, 0.717) is 42.4 Å². The summed E-state index contributed by atoms with van der Waals surface area (Å²) in [5.74, 6) is -0.575. The van der Waals surface area contributed by atoms with Crippen LogP contribution in [0.2, 0.25) is 0 Å². The zero-order valence-electron chi connectivity index (χ0n) is 20.3. The van der Waals surface area contributed by atoms with E-state index >= 15 is 0 Å². The molecule has 2 aromatic heterocycles. The average molecular weight is 479 g/mol. The Hall–Kier alpha value is -3.38. The van der Waals surface area contributed by atoms with E-state index < -0.39 is 17.1 Å². The second-order valence-corrected chi connectivity index (χ2v) is 10.3. The number of nitrogens with zero attached hydrogens (tertiary/aromatic N) is 4. The standard InChI is InChI=1S/C26H30N4O5/c1-4-26(24(32)33)15-29(8-9-30(26)23(31)17-7-10-34-13-17)22-19(12-27)18-11-25(2,3)35-14-20(18)21(28-22)16-5-6-16/h7,10,13,16H,4-6,8-9,11,14-15H2,1-3H3,(H,32,33). The highest BCUT2D eigenvalue weighted by atomic mass is 16.5. The fraction of sp³-hybridized carbons (Fsp3) is 0.538. The highest BCUT2D eigenvalue weighted by Gasteiger charge is 2.50. The molecule has 2 aromatic rings. The van der Waals surface area contributed by atoms with Crippen molar-refractivity contribution in [2.75, 3.05) is 24.5 Å². The van der Waals surface area contributed by atoms with Crippen LogP contribution in [0.4, 0.5) is 5.82 Å². The van der Waals surface area contributed by atoms with Gasteiger partial charge in [0.15, 0.2) is 5.54 Å². The topological polar surface area (TPSA) is 120 Å². The molecule has 5 rings (SSSR count). The van der Waals surface area contributed by atoms with E-state index in [4.69, 9.17) is 14.1 Å². The minimum atomic E-state index is -1.46. The maximum Gasteiger partial charge on any atom is 0.331 e. The number of amides is 1. The summed E-state index contributed by atoms with van der Waals surface area (Å²) in [4.78, 5) is 34.2. The highest BCUT2D eigenvalue weighted by Crippen LogP contribution is 2.46. The molecule has 1 atom stereocenters. The lowest BCUT2D eigenvalue weighted by Gasteiger charge is -2.48. The molecular formula is C26H30N4O5. The summed E-state index contributed by atoms with van der Waals surface area (Å²) in [6, 6.07) is 3.92. The van der Waals surface area contributed by atoms with Crippen molar-refractivity contribution in [2.45, 2.75) is 70.1 Å².